The predicted molar refractivity (Wildman–Crippen MR) is 101 cm³/mol. The van der Waals surface area contributed by atoms with Gasteiger partial charge in [0.25, 0.3) is 0 Å². The molecule has 27 heavy (non-hydrogen) atoms. The van der Waals surface area contributed by atoms with E-state index in [1.54, 1.807) is 4.68 Å². The van der Waals surface area contributed by atoms with Crippen LogP contribution in [0.1, 0.15) is 35.1 Å². The maximum atomic E-state index is 12.3. The molecule has 1 N–H and O–H groups in total. The number of imidazole rings is 1. The van der Waals surface area contributed by atoms with E-state index in [0.717, 1.165) is 35.0 Å². The van der Waals surface area contributed by atoms with Crippen LogP contribution in [0.2, 0.25) is 0 Å². The van der Waals surface area contributed by atoms with Crippen LogP contribution in [0, 0.1) is 19.8 Å². The molecule has 0 radical (unpaired) electrons. The normalized spacial score (nSPS) is 20.1. The smallest absolute Gasteiger partial charge is 0.234 e. The van der Waals surface area contributed by atoms with E-state index in [-0.39, 0.29) is 17.9 Å². The summed E-state index contributed by atoms with van der Waals surface area (Å²) in [5.41, 5.74) is 4.25. The highest BCUT2D eigenvalue weighted by atomic mass is 16.2. The summed E-state index contributed by atoms with van der Waals surface area (Å²) >= 11 is 0. The number of hydrogen-bond acceptors (Lipinski definition) is 5. The molecule has 1 amide bonds. The Morgan fingerprint density at radius 3 is 2.81 bits per heavy atom. The molecule has 1 aliphatic heterocycles. The van der Waals surface area contributed by atoms with Crippen molar-refractivity contribution in [3.05, 3.63) is 47.3 Å². The highest BCUT2D eigenvalue weighted by molar-refractivity contribution is 5.79. The molecule has 4 rings (SSSR count). The first-order valence-corrected chi connectivity index (χ1v) is 9.19. The van der Waals surface area contributed by atoms with Gasteiger partial charge >= 0.3 is 0 Å². The van der Waals surface area contributed by atoms with E-state index in [4.69, 9.17) is 0 Å². The molecular formula is C19H25N7O. The Kier molecular flexibility index (Phi) is 4.43. The van der Waals surface area contributed by atoms with Gasteiger partial charge in [-0.1, -0.05) is 0 Å². The molecule has 4 heterocycles. The van der Waals surface area contributed by atoms with Crippen molar-refractivity contribution < 1.29 is 4.79 Å². The Bertz CT molecular complexity index is 989. The summed E-state index contributed by atoms with van der Waals surface area (Å²) in [6.07, 6.45) is 6.27. The third-order valence-electron chi connectivity index (χ3n) is 5.34. The number of nitrogens with zero attached hydrogens (tertiary/aromatic N) is 6. The fraction of sp³-hybridized carbons (Fsp3) is 0.474. The molecule has 1 fully saturated rings. The number of likely N-dealkylation sites (tertiary alicyclic amines) is 1. The lowest BCUT2D eigenvalue weighted by Crippen LogP contribution is -2.29. The topological polar surface area (TPSA) is 80.4 Å². The first-order valence-electron chi connectivity index (χ1n) is 9.19. The highest BCUT2D eigenvalue weighted by Crippen LogP contribution is 2.36. The van der Waals surface area contributed by atoms with E-state index in [1.807, 2.05) is 44.5 Å². The van der Waals surface area contributed by atoms with Gasteiger partial charge in [0.2, 0.25) is 11.7 Å². The zero-order valence-corrected chi connectivity index (χ0v) is 16.2. The van der Waals surface area contributed by atoms with Gasteiger partial charge in [-0.05, 0) is 19.9 Å². The van der Waals surface area contributed by atoms with E-state index >= 15 is 0 Å². The lowest BCUT2D eigenvalue weighted by atomic mass is 9.96. The average Bonchev–Trinajstić information content (AvgIpc) is 3.27. The molecule has 0 spiro atoms. The van der Waals surface area contributed by atoms with E-state index in [0.29, 0.717) is 13.0 Å². The number of carbonyl (C=O) groups is 1. The van der Waals surface area contributed by atoms with E-state index in [1.165, 1.54) is 0 Å². The maximum absolute atomic E-state index is 12.3. The van der Waals surface area contributed by atoms with Crippen molar-refractivity contribution in [3.8, 4) is 0 Å². The minimum atomic E-state index is 0.0620. The Hall–Kier alpha value is -2.74. The number of fused-ring (bicyclic) bond motifs is 1. The zero-order chi connectivity index (χ0) is 19.1. The molecule has 0 aliphatic carbocycles. The summed E-state index contributed by atoms with van der Waals surface area (Å²) < 4.78 is 3.86. The summed E-state index contributed by atoms with van der Waals surface area (Å²) in [6, 6.07) is 2.12. The fourth-order valence-electron chi connectivity index (χ4n) is 4.13. The first kappa shape index (κ1) is 17.7. The minimum Gasteiger partial charge on any atom is -0.338 e. The van der Waals surface area contributed by atoms with Crippen molar-refractivity contribution in [1.29, 1.82) is 0 Å². The van der Waals surface area contributed by atoms with Crippen LogP contribution >= 0.6 is 0 Å². The first-order chi connectivity index (χ1) is 12.9. The van der Waals surface area contributed by atoms with Gasteiger partial charge in [0.15, 0.2) is 0 Å². The van der Waals surface area contributed by atoms with Crippen molar-refractivity contribution >= 4 is 11.7 Å². The molecule has 8 nitrogen and oxygen atoms in total. The molecule has 3 aromatic heterocycles. The average molecular weight is 367 g/mol. The lowest BCUT2D eigenvalue weighted by Gasteiger charge is -2.24. The molecule has 0 unspecified atom stereocenters. The van der Waals surface area contributed by atoms with Gasteiger partial charge in [0, 0.05) is 62.7 Å². The van der Waals surface area contributed by atoms with Crippen molar-refractivity contribution in [2.24, 2.45) is 13.0 Å². The van der Waals surface area contributed by atoms with Gasteiger partial charge in [-0.15, -0.1) is 0 Å². The second kappa shape index (κ2) is 6.77. The monoisotopic (exact) mass is 367 g/mol. The summed E-state index contributed by atoms with van der Waals surface area (Å²) in [6.45, 7) is 5.48. The molecule has 0 bridgehead atoms. The van der Waals surface area contributed by atoms with Crippen LogP contribution in [-0.2, 0) is 18.4 Å². The third-order valence-corrected chi connectivity index (χ3v) is 5.34. The number of nitrogens with one attached hydrogen (secondary N) is 1. The molecule has 1 saturated heterocycles. The summed E-state index contributed by atoms with van der Waals surface area (Å²) in [4.78, 5) is 23.0. The molecule has 8 heteroatoms. The van der Waals surface area contributed by atoms with Gasteiger partial charge in [0.1, 0.15) is 0 Å². The second-order valence-electron chi connectivity index (χ2n) is 7.42. The number of aryl methyl sites for hydroxylation is 3. The predicted octanol–water partition coefficient (Wildman–Crippen LogP) is 1.39. The van der Waals surface area contributed by atoms with Crippen LogP contribution in [0.3, 0.4) is 0 Å². The maximum Gasteiger partial charge on any atom is 0.234 e. The van der Waals surface area contributed by atoms with Crippen LogP contribution in [0.15, 0.2) is 24.7 Å². The molecule has 1 aliphatic rings. The van der Waals surface area contributed by atoms with Gasteiger partial charge in [-0.3, -0.25) is 13.9 Å². The zero-order valence-electron chi connectivity index (χ0n) is 16.2. The molecule has 0 saturated carbocycles. The SMILES string of the molecule is Cc1cc(C)n2c(CNC[C@@H]3CC(=O)N(C)[C@H]3c3cnn(C)c3)cnc2n1. The number of amides is 1. The summed E-state index contributed by atoms with van der Waals surface area (Å²) in [5.74, 6) is 1.13. The minimum absolute atomic E-state index is 0.0620. The molecule has 142 valence electrons. The van der Waals surface area contributed by atoms with Crippen molar-refractivity contribution in [3.63, 3.8) is 0 Å². The second-order valence-corrected chi connectivity index (χ2v) is 7.42. The lowest BCUT2D eigenvalue weighted by molar-refractivity contribution is -0.127. The van der Waals surface area contributed by atoms with E-state index in [9.17, 15) is 4.79 Å². The van der Waals surface area contributed by atoms with E-state index < -0.39 is 0 Å². The fourth-order valence-corrected chi connectivity index (χ4v) is 4.13. The molecule has 3 aromatic rings. The van der Waals surface area contributed by atoms with Crippen molar-refractivity contribution in [1.82, 2.24) is 34.4 Å². The number of rotatable bonds is 5. The Labute approximate surface area is 158 Å². The standard InChI is InChI=1S/C19H25N7O/c1-12-5-13(2)26-16(10-21-19(26)23-12)9-20-7-14-6-17(27)25(4)18(14)15-8-22-24(3)11-15/h5,8,10-11,14,18,20H,6-7,9H2,1-4H3/t14-,18+/m0/s1. The summed E-state index contributed by atoms with van der Waals surface area (Å²) in [5, 5.41) is 7.78. The third kappa shape index (κ3) is 3.21. The number of aromatic nitrogens is 5. The van der Waals surface area contributed by atoms with Gasteiger partial charge in [0.05, 0.1) is 24.1 Å². The van der Waals surface area contributed by atoms with Crippen LogP contribution < -0.4 is 5.32 Å². The highest BCUT2D eigenvalue weighted by Gasteiger charge is 2.38. The Morgan fingerprint density at radius 1 is 1.26 bits per heavy atom. The van der Waals surface area contributed by atoms with Crippen LogP contribution in [0.25, 0.3) is 5.78 Å². The van der Waals surface area contributed by atoms with Gasteiger partial charge in [-0.25, -0.2) is 9.97 Å². The van der Waals surface area contributed by atoms with Crippen LogP contribution in [-0.4, -0.2) is 48.5 Å². The largest absolute Gasteiger partial charge is 0.338 e. The molecule has 0 aromatic carbocycles. The number of carbonyl (C=O) groups excluding carboxylic acids is 1. The Balaban J connectivity index is 1.47. The molecular weight excluding hydrogens is 342 g/mol. The van der Waals surface area contributed by atoms with Gasteiger partial charge in [-0.2, -0.15) is 5.10 Å². The molecule has 2 atom stereocenters. The van der Waals surface area contributed by atoms with Crippen LogP contribution in [0.4, 0.5) is 0 Å². The Morgan fingerprint density at radius 2 is 2.07 bits per heavy atom. The van der Waals surface area contributed by atoms with Crippen LogP contribution in [0.5, 0.6) is 0 Å². The van der Waals surface area contributed by atoms with Gasteiger partial charge < -0.3 is 10.2 Å². The number of hydrogen-bond donors (Lipinski definition) is 1. The van der Waals surface area contributed by atoms with E-state index in [2.05, 4.69) is 37.8 Å². The van der Waals surface area contributed by atoms with Crippen molar-refractivity contribution in [2.45, 2.75) is 32.9 Å². The quantitative estimate of drug-likeness (QED) is 0.737. The summed E-state index contributed by atoms with van der Waals surface area (Å²) in [7, 11) is 3.78. The van der Waals surface area contributed by atoms with Crippen molar-refractivity contribution in [2.75, 3.05) is 13.6 Å².